The maximum Gasteiger partial charge on any atom is 0.402 e. The van der Waals surface area contributed by atoms with Gasteiger partial charge in [0.25, 0.3) is 0 Å². The summed E-state index contributed by atoms with van der Waals surface area (Å²) in [5.74, 6) is -5.20. The molecule has 0 radical (unpaired) electrons. The first-order valence-electron chi connectivity index (χ1n) is 7.06. The molecular formula is C15H11F6O4S2-. The lowest BCUT2D eigenvalue weighted by Crippen LogP contribution is -2.36. The van der Waals surface area contributed by atoms with E-state index in [1.165, 1.54) is 18.2 Å². The zero-order chi connectivity index (χ0) is 20.7. The smallest absolute Gasteiger partial charge is 0.235 e. The van der Waals surface area contributed by atoms with Crippen LogP contribution in [-0.2, 0) is 19.7 Å². The molecule has 4 nitrogen and oxygen atoms in total. The average molecular weight is 433 g/mol. The molecule has 2 rings (SSSR count). The molecule has 27 heavy (non-hydrogen) atoms. The van der Waals surface area contributed by atoms with Gasteiger partial charge in [0.15, 0.2) is 19.7 Å². The largest absolute Gasteiger partial charge is 0.402 e. The van der Waals surface area contributed by atoms with Gasteiger partial charge in [-0.25, -0.2) is 16.8 Å². The van der Waals surface area contributed by atoms with Crippen molar-refractivity contribution in [2.24, 2.45) is 0 Å². The third-order valence-electron chi connectivity index (χ3n) is 3.26. The standard InChI is InChI=1S/C15H11F6O4S2/c16-14(17,18)8-26(22,23)13(27(24,25)9-15(19,20)21)12-6-5-10-3-1-2-4-11(10)7-12/h1-7H,8-9H2/q-1. The van der Waals surface area contributed by atoms with E-state index >= 15 is 0 Å². The van der Waals surface area contributed by atoms with Crippen LogP contribution in [-0.4, -0.2) is 40.7 Å². The second kappa shape index (κ2) is 6.89. The van der Waals surface area contributed by atoms with Crippen molar-refractivity contribution < 1.29 is 43.2 Å². The van der Waals surface area contributed by atoms with Gasteiger partial charge in [0.1, 0.15) is 11.5 Å². The molecule has 0 aliphatic rings. The van der Waals surface area contributed by atoms with Gasteiger partial charge in [-0.3, -0.25) is 0 Å². The Morgan fingerprint density at radius 1 is 0.704 bits per heavy atom. The maximum atomic E-state index is 12.6. The lowest BCUT2D eigenvalue weighted by molar-refractivity contribution is -0.107. The predicted octanol–water partition coefficient (Wildman–Crippen LogP) is 3.63. The number of alkyl halides is 6. The average Bonchev–Trinajstić information content (AvgIpc) is 2.41. The van der Waals surface area contributed by atoms with Crippen molar-refractivity contribution in [1.29, 1.82) is 0 Å². The molecule has 0 spiro atoms. The fourth-order valence-corrected chi connectivity index (χ4v) is 6.43. The topological polar surface area (TPSA) is 68.3 Å². The summed E-state index contributed by atoms with van der Waals surface area (Å²) < 4.78 is 122. The summed E-state index contributed by atoms with van der Waals surface area (Å²) in [4.78, 5) is 0. The molecule has 0 saturated heterocycles. The molecule has 150 valence electrons. The molecule has 0 aliphatic heterocycles. The summed E-state index contributed by atoms with van der Waals surface area (Å²) in [6.45, 7) is 0. The lowest BCUT2D eigenvalue weighted by Gasteiger charge is -2.27. The van der Waals surface area contributed by atoms with E-state index in [4.69, 9.17) is 0 Å². The third kappa shape index (κ3) is 5.51. The van der Waals surface area contributed by atoms with E-state index < -0.39 is 53.7 Å². The molecule has 0 atom stereocenters. The number of benzene rings is 2. The number of sulfone groups is 2. The summed E-state index contributed by atoms with van der Waals surface area (Å²) >= 11 is 0. The van der Waals surface area contributed by atoms with E-state index in [0.717, 1.165) is 12.1 Å². The fraction of sp³-hybridized carbons (Fsp3) is 0.267. The Kier molecular flexibility index (Phi) is 5.45. The molecule has 0 amide bonds. The van der Waals surface area contributed by atoms with Crippen LogP contribution in [0.15, 0.2) is 42.5 Å². The zero-order valence-corrected chi connectivity index (χ0v) is 14.8. The predicted molar refractivity (Wildman–Crippen MR) is 86.0 cm³/mol. The van der Waals surface area contributed by atoms with E-state index in [1.807, 2.05) is 0 Å². The highest BCUT2D eigenvalue weighted by atomic mass is 32.3. The Morgan fingerprint density at radius 3 is 1.59 bits per heavy atom. The van der Waals surface area contributed by atoms with Crippen molar-refractivity contribution in [3.8, 4) is 0 Å². The first-order chi connectivity index (χ1) is 12.1. The highest BCUT2D eigenvalue weighted by molar-refractivity contribution is 8.13. The van der Waals surface area contributed by atoms with Crippen molar-refractivity contribution in [3.05, 3.63) is 52.6 Å². The van der Waals surface area contributed by atoms with Gasteiger partial charge < -0.3 is 0 Å². The summed E-state index contributed by atoms with van der Waals surface area (Å²) in [5, 5.41) is 0.735. The van der Waals surface area contributed by atoms with Crippen LogP contribution in [0.1, 0.15) is 5.56 Å². The van der Waals surface area contributed by atoms with Gasteiger partial charge in [-0.15, -0.1) is 6.07 Å². The molecule has 2 aromatic carbocycles. The molecule has 0 saturated carbocycles. The maximum absolute atomic E-state index is 12.6. The first-order valence-corrected chi connectivity index (χ1v) is 10.4. The number of rotatable bonds is 5. The number of hydrogen-bond acceptors (Lipinski definition) is 4. The molecular weight excluding hydrogens is 422 g/mol. The second-order valence-electron chi connectivity index (χ2n) is 5.60. The minimum atomic E-state index is -5.63. The number of fused-ring (bicyclic) bond motifs is 1. The van der Waals surface area contributed by atoms with Gasteiger partial charge in [0.05, 0.1) is 4.58 Å². The molecule has 0 aliphatic carbocycles. The van der Waals surface area contributed by atoms with E-state index in [2.05, 4.69) is 0 Å². The highest BCUT2D eigenvalue weighted by Gasteiger charge is 2.45. The third-order valence-corrected chi connectivity index (χ3v) is 7.80. The molecule has 0 unspecified atom stereocenters. The van der Waals surface area contributed by atoms with Crippen LogP contribution in [0.2, 0.25) is 0 Å². The first kappa shape index (κ1) is 21.4. The van der Waals surface area contributed by atoms with Gasteiger partial charge in [-0.2, -0.15) is 44.0 Å². The quantitative estimate of drug-likeness (QED) is 0.534. The van der Waals surface area contributed by atoms with Crippen LogP contribution in [0.5, 0.6) is 0 Å². The Labute approximate surface area is 150 Å². The summed E-state index contributed by atoms with van der Waals surface area (Å²) in [6, 6.07) is 9.02. The van der Waals surface area contributed by atoms with Crippen molar-refractivity contribution in [3.63, 3.8) is 0 Å². The highest BCUT2D eigenvalue weighted by Crippen LogP contribution is 2.36. The molecule has 0 fully saturated rings. The molecule has 12 heteroatoms. The molecule has 0 aromatic heterocycles. The molecule has 2 aromatic rings. The Balaban J connectivity index is 2.68. The Hall–Kier alpha value is -1.95. The van der Waals surface area contributed by atoms with E-state index in [-0.39, 0.29) is 5.39 Å². The van der Waals surface area contributed by atoms with Gasteiger partial charge in [0, 0.05) is 0 Å². The summed E-state index contributed by atoms with van der Waals surface area (Å²) in [5.41, 5.74) is -0.762. The van der Waals surface area contributed by atoms with Gasteiger partial charge in [0.2, 0.25) is 0 Å². The van der Waals surface area contributed by atoms with E-state index in [0.29, 0.717) is 5.39 Å². The lowest BCUT2D eigenvalue weighted by atomic mass is 10.1. The molecule has 0 bridgehead atoms. The Bertz CT molecular complexity index is 994. The summed E-state index contributed by atoms with van der Waals surface area (Å²) in [7, 11) is -11.3. The number of halogens is 6. The molecule has 0 heterocycles. The SMILES string of the molecule is O=S(=O)(CC(F)(F)F)[C-](c1ccc2ccccc2c1)S(=O)(=O)CC(F)(F)F. The van der Waals surface area contributed by atoms with E-state index in [1.54, 1.807) is 12.1 Å². The van der Waals surface area contributed by atoms with Gasteiger partial charge >= 0.3 is 12.4 Å². The van der Waals surface area contributed by atoms with Gasteiger partial charge in [-0.1, -0.05) is 29.7 Å². The van der Waals surface area contributed by atoms with Crippen molar-refractivity contribution >= 4 is 30.4 Å². The molecule has 0 N–H and O–H groups in total. The number of hydrogen-bond donors (Lipinski definition) is 0. The minimum Gasteiger partial charge on any atom is -0.235 e. The van der Waals surface area contributed by atoms with Crippen LogP contribution >= 0.6 is 0 Å². The van der Waals surface area contributed by atoms with Gasteiger partial charge in [-0.05, 0) is 5.39 Å². The van der Waals surface area contributed by atoms with Crippen LogP contribution in [0.4, 0.5) is 26.3 Å². The Morgan fingerprint density at radius 2 is 1.15 bits per heavy atom. The van der Waals surface area contributed by atoms with Crippen LogP contribution in [0.25, 0.3) is 10.8 Å². The van der Waals surface area contributed by atoms with Crippen molar-refractivity contribution in [2.45, 2.75) is 12.4 Å². The van der Waals surface area contributed by atoms with Crippen LogP contribution in [0, 0.1) is 4.58 Å². The van der Waals surface area contributed by atoms with Crippen LogP contribution < -0.4 is 0 Å². The zero-order valence-electron chi connectivity index (χ0n) is 13.2. The summed E-state index contributed by atoms with van der Waals surface area (Å²) in [6.07, 6.45) is -10.7. The minimum absolute atomic E-state index is 0.247. The van der Waals surface area contributed by atoms with Crippen LogP contribution in [0.3, 0.4) is 0 Å². The monoisotopic (exact) mass is 433 g/mol. The van der Waals surface area contributed by atoms with Crippen molar-refractivity contribution in [1.82, 2.24) is 0 Å². The second-order valence-corrected chi connectivity index (χ2v) is 9.71. The fourth-order valence-electron chi connectivity index (χ4n) is 2.43. The van der Waals surface area contributed by atoms with Crippen molar-refractivity contribution in [2.75, 3.05) is 11.5 Å². The van der Waals surface area contributed by atoms with E-state index in [9.17, 15) is 43.2 Å². The normalized spacial score (nSPS) is 13.7.